The fourth-order valence-corrected chi connectivity index (χ4v) is 2.01. The van der Waals surface area contributed by atoms with E-state index in [2.05, 4.69) is 9.97 Å². The Morgan fingerprint density at radius 2 is 2.15 bits per heavy atom. The number of amides is 1. The van der Waals surface area contributed by atoms with Crippen LogP contribution in [0.2, 0.25) is 0 Å². The first kappa shape index (κ1) is 14.2. The van der Waals surface area contributed by atoms with Crippen molar-refractivity contribution in [3.05, 3.63) is 18.5 Å². The average molecular weight is 279 g/mol. The molecule has 0 aromatic carbocycles. The summed E-state index contributed by atoms with van der Waals surface area (Å²) in [4.78, 5) is 32.2. The van der Waals surface area contributed by atoms with Crippen molar-refractivity contribution in [3.8, 4) is 6.01 Å². The van der Waals surface area contributed by atoms with Gasteiger partial charge in [-0.3, -0.25) is 9.59 Å². The summed E-state index contributed by atoms with van der Waals surface area (Å²) in [7, 11) is 0. The highest BCUT2D eigenvalue weighted by atomic mass is 16.5. The van der Waals surface area contributed by atoms with Gasteiger partial charge in [0.05, 0.1) is 6.54 Å². The van der Waals surface area contributed by atoms with Crippen LogP contribution in [0.4, 0.5) is 0 Å². The number of aromatic nitrogens is 2. The van der Waals surface area contributed by atoms with E-state index >= 15 is 0 Å². The first-order valence-electron chi connectivity index (χ1n) is 6.50. The van der Waals surface area contributed by atoms with Crippen LogP contribution in [0.15, 0.2) is 18.5 Å². The van der Waals surface area contributed by atoms with Crippen LogP contribution in [-0.4, -0.2) is 52.5 Å². The molecule has 0 saturated carbocycles. The van der Waals surface area contributed by atoms with Crippen LogP contribution in [0.25, 0.3) is 0 Å². The molecule has 2 heterocycles. The summed E-state index contributed by atoms with van der Waals surface area (Å²) in [6.07, 6.45) is 4.76. The van der Waals surface area contributed by atoms with Gasteiger partial charge in [-0.15, -0.1) is 0 Å². The quantitative estimate of drug-likeness (QED) is 0.742. The number of esters is 1. The van der Waals surface area contributed by atoms with Crippen LogP contribution in [-0.2, 0) is 14.3 Å². The van der Waals surface area contributed by atoms with E-state index in [1.807, 2.05) is 0 Å². The van der Waals surface area contributed by atoms with Gasteiger partial charge in [-0.1, -0.05) is 0 Å². The first-order valence-corrected chi connectivity index (χ1v) is 6.50. The Bertz CT molecular complexity index is 466. The summed E-state index contributed by atoms with van der Waals surface area (Å²) in [5.74, 6) is -0.664. The molecule has 20 heavy (non-hydrogen) atoms. The number of ether oxygens (including phenoxy) is 2. The molecule has 0 radical (unpaired) electrons. The summed E-state index contributed by atoms with van der Waals surface area (Å²) in [6, 6.07) is 2.02. The van der Waals surface area contributed by atoms with Crippen LogP contribution in [0.3, 0.4) is 0 Å². The third-order valence-corrected chi connectivity index (χ3v) is 2.94. The van der Waals surface area contributed by atoms with Crippen molar-refractivity contribution >= 4 is 11.9 Å². The Hall–Kier alpha value is -2.18. The van der Waals surface area contributed by atoms with Gasteiger partial charge in [0, 0.05) is 25.9 Å². The zero-order valence-electron chi connectivity index (χ0n) is 11.3. The predicted octanol–water partition coefficient (Wildman–Crippen LogP) is 0.409. The lowest BCUT2D eigenvalue weighted by Crippen LogP contribution is -2.46. The van der Waals surface area contributed by atoms with E-state index in [0.717, 1.165) is 12.8 Å². The maximum atomic E-state index is 11.9. The van der Waals surface area contributed by atoms with Crippen LogP contribution in [0, 0.1) is 0 Å². The van der Waals surface area contributed by atoms with E-state index in [9.17, 15) is 9.59 Å². The van der Waals surface area contributed by atoms with E-state index < -0.39 is 5.97 Å². The van der Waals surface area contributed by atoms with Gasteiger partial charge in [-0.25, -0.2) is 9.97 Å². The fourth-order valence-electron chi connectivity index (χ4n) is 2.01. The lowest BCUT2D eigenvalue weighted by Gasteiger charge is -2.32. The van der Waals surface area contributed by atoms with Crippen molar-refractivity contribution in [1.82, 2.24) is 14.9 Å². The number of rotatable bonds is 4. The van der Waals surface area contributed by atoms with Crippen molar-refractivity contribution in [1.29, 1.82) is 0 Å². The zero-order valence-corrected chi connectivity index (χ0v) is 11.3. The summed E-state index contributed by atoms with van der Waals surface area (Å²) < 4.78 is 10.4. The monoisotopic (exact) mass is 279 g/mol. The van der Waals surface area contributed by atoms with Crippen molar-refractivity contribution in [3.63, 3.8) is 0 Å². The van der Waals surface area contributed by atoms with E-state index in [-0.39, 0.29) is 18.6 Å². The number of carbonyl (C=O) groups excluding carboxylic acids is 2. The molecule has 1 aliphatic rings. The third kappa shape index (κ3) is 4.18. The number of likely N-dealkylation sites (tertiary alicyclic amines) is 1. The molecule has 2 rings (SSSR count). The van der Waals surface area contributed by atoms with Gasteiger partial charge >= 0.3 is 12.0 Å². The Morgan fingerprint density at radius 3 is 2.85 bits per heavy atom. The van der Waals surface area contributed by atoms with Crippen LogP contribution >= 0.6 is 0 Å². The van der Waals surface area contributed by atoms with Gasteiger partial charge in [0.25, 0.3) is 5.91 Å². The molecular formula is C13H17N3O4. The molecule has 7 nitrogen and oxygen atoms in total. The molecule has 1 aromatic heterocycles. The average Bonchev–Trinajstić information content (AvgIpc) is 2.46. The molecular weight excluding hydrogens is 262 g/mol. The number of hydrogen-bond donors (Lipinski definition) is 0. The maximum absolute atomic E-state index is 11.9. The standard InChI is InChI=1S/C13H17N3O4/c1-10(17)19-9-12(18)16-7-2-4-11(8-16)20-13-14-5-3-6-15-13/h3,5-6,11H,2,4,7-9H2,1H3. The minimum Gasteiger partial charge on any atom is -0.458 e. The largest absolute Gasteiger partial charge is 0.458 e. The lowest BCUT2D eigenvalue weighted by molar-refractivity contribution is -0.151. The Balaban J connectivity index is 1.85. The topological polar surface area (TPSA) is 81.6 Å². The van der Waals surface area contributed by atoms with Crippen LogP contribution < -0.4 is 4.74 Å². The molecule has 1 aromatic rings. The van der Waals surface area contributed by atoms with Crippen molar-refractivity contribution in [2.75, 3.05) is 19.7 Å². The summed E-state index contributed by atoms with van der Waals surface area (Å²) in [5, 5.41) is 0. The fraction of sp³-hybridized carbons (Fsp3) is 0.538. The SMILES string of the molecule is CC(=O)OCC(=O)N1CCCC(Oc2ncccn2)C1. The van der Waals surface area contributed by atoms with Gasteiger partial charge in [0.2, 0.25) is 0 Å². The molecule has 1 atom stereocenters. The Morgan fingerprint density at radius 1 is 1.40 bits per heavy atom. The highest BCUT2D eigenvalue weighted by Gasteiger charge is 2.25. The first-order chi connectivity index (χ1) is 9.65. The van der Waals surface area contributed by atoms with Gasteiger partial charge in [0.1, 0.15) is 6.10 Å². The van der Waals surface area contributed by atoms with E-state index in [1.165, 1.54) is 6.92 Å². The van der Waals surface area contributed by atoms with Gasteiger partial charge in [-0.05, 0) is 18.9 Å². The molecule has 1 unspecified atom stereocenters. The number of piperidine rings is 1. The minimum atomic E-state index is -0.458. The minimum absolute atomic E-state index is 0.132. The predicted molar refractivity (Wildman–Crippen MR) is 68.9 cm³/mol. The maximum Gasteiger partial charge on any atom is 0.316 e. The second-order valence-corrected chi connectivity index (χ2v) is 4.53. The van der Waals surface area contributed by atoms with Crippen molar-refractivity contribution in [2.45, 2.75) is 25.9 Å². The number of hydrogen-bond acceptors (Lipinski definition) is 6. The van der Waals surface area contributed by atoms with Crippen LogP contribution in [0.5, 0.6) is 6.01 Å². The van der Waals surface area contributed by atoms with E-state index in [0.29, 0.717) is 19.1 Å². The Labute approximate surface area is 116 Å². The van der Waals surface area contributed by atoms with Crippen LogP contribution in [0.1, 0.15) is 19.8 Å². The van der Waals surface area contributed by atoms with Gasteiger partial charge in [0.15, 0.2) is 6.61 Å². The molecule has 1 aliphatic heterocycles. The second kappa shape index (κ2) is 6.83. The Kier molecular flexibility index (Phi) is 4.86. The molecule has 1 amide bonds. The molecule has 0 spiro atoms. The molecule has 108 valence electrons. The molecule has 7 heteroatoms. The second-order valence-electron chi connectivity index (χ2n) is 4.53. The zero-order chi connectivity index (χ0) is 14.4. The van der Waals surface area contributed by atoms with Crippen molar-refractivity contribution < 1.29 is 19.1 Å². The third-order valence-electron chi connectivity index (χ3n) is 2.94. The summed E-state index contributed by atoms with van der Waals surface area (Å²) in [5.41, 5.74) is 0. The molecule has 0 aliphatic carbocycles. The number of carbonyl (C=O) groups is 2. The smallest absolute Gasteiger partial charge is 0.316 e. The molecule has 1 saturated heterocycles. The summed E-state index contributed by atoms with van der Waals surface area (Å²) in [6.45, 7) is 2.17. The highest BCUT2D eigenvalue weighted by molar-refractivity contribution is 5.80. The molecule has 0 bridgehead atoms. The molecule has 1 fully saturated rings. The summed E-state index contributed by atoms with van der Waals surface area (Å²) >= 11 is 0. The van der Waals surface area contributed by atoms with E-state index in [4.69, 9.17) is 9.47 Å². The van der Waals surface area contributed by atoms with E-state index in [1.54, 1.807) is 23.4 Å². The molecule has 0 N–H and O–H groups in total. The van der Waals surface area contributed by atoms with Gasteiger partial charge in [-0.2, -0.15) is 0 Å². The lowest BCUT2D eigenvalue weighted by atomic mass is 10.1. The van der Waals surface area contributed by atoms with Gasteiger partial charge < -0.3 is 14.4 Å². The highest BCUT2D eigenvalue weighted by Crippen LogP contribution is 2.15. The van der Waals surface area contributed by atoms with Crippen molar-refractivity contribution in [2.24, 2.45) is 0 Å². The normalized spacial score (nSPS) is 18.4. The number of nitrogens with zero attached hydrogens (tertiary/aromatic N) is 3.